The van der Waals surface area contributed by atoms with Crippen LogP contribution in [0.1, 0.15) is 32.1 Å². The van der Waals surface area contributed by atoms with Gasteiger partial charge in [0.15, 0.2) is 0 Å². The van der Waals surface area contributed by atoms with Crippen LogP contribution in [0.25, 0.3) is 0 Å². The molecular weight excluding hydrogens is 393 g/mol. The molecule has 2 fully saturated rings. The predicted octanol–water partition coefficient (Wildman–Crippen LogP) is 4.11. The van der Waals surface area contributed by atoms with Crippen molar-refractivity contribution < 1.29 is 9.18 Å². The van der Waals surface area contributed by atoms with E-state index >= 15 is 0 Å². The Balaban J connectivity index is 1.34. The minimum atomic E-state index is -0.494. The van der Waals surface area contributed by atoms with Gasteiger partial charge in [-0.15, -0.1) is 0 Å². The summed E-state index contributed by atoms with van der Waals surface area (Å²) in [6.45, 7) is 3.62. The summed E-state index contributed by atoms with van der Waals surface area (Å²) < 4.78 is 13.3. The van der Waals surface area contributed by atoms with Gasteiger partial charge in [-0.3, -0.25) is 4.79 Å². The van der Waals surface area contributed by atoms with Crippen molar-refractivity contribution in [2.75, 3.05) is 41.3 Å². The third-order valence-corrected chi connectivity index (χ3v) is 5.98. The molecule has 2 aliphatic heterocycles. The fourth-order valence-corrected chi connectivity index (χ4v) is 4.18. The second-order valence-electron chi connectivity index (χ2n) is 7.66. The summed E-state index contributed by atoms with van der Waals surface area (Å²) in [5, 5.41) is 2.85. The SMILES string of the molecule is O=C(Nc1ccc(F)c(Cl)c1)C1CCN(c2cc(N3CCCCC3)ncn2)CC1. The molecule has 3 heterocycles. The van der Waals surface area contributed by atoms with Gasteiger partial charge in [0.1, 0.15) is 23.8 Å². The van der Waals surface area contributed by atoms with Crippen LogP contribution in [0.5, 0.6) is 0 Å². The maximum absolute atomic E-state index is 13.3. The molecule has 154 valence electrons. The van der Waals surface area contributed by atoms with Gasteiger partial charge in [-0.1, -0.05) is 11.6 Å². The molecule has 1 N–H and O–H groups in total. The summed E-state index contributed by atoms with van der Waals surface area (Å²) in [4.78, 5) is 26.0. The Morgan fingerprint density at radius 2 is 1.66 bits per heavy atom. The summed E-state index contributed by atoms with van der Waals surface area (Å²) >= 11 is 5.79. The number of carbonyl (C=O) groups excluding carboxylic acids is 1. The number of rotatable bonds is 4. The Morgan fingerprint density at radius 3 is 2.31 bits per heavy atom. The van der Waals surface area contributed by atoms with Crippen LogP contribution in [0.15, 0.2) is 30.6 Å². The van der Waals surface area contributed by atoms with E-state index in [0.717, 1.165) is 50.7 Å². The number of nitrogens with zero attached hydrogens (tertiary/aromatic N) is 4. The summed E-state index contributed by atoms with van der Waals surface area (Å²) in [6.07, 6.45) is 6.82. The number of hydrogen-bond acceptors (Lipinski definition) is 5. The fraction of sp³-hybridized carbons (Fsp3) is 0.476. The number of halogens is 2. The van der Waals surface area contributed by atoms with Crippen LogP contribution in [0.4, 0.5) is 21.7 Å². The molecule has 0 atom stereocenters. The zero-order valence-corrected chi connectivity index (χ0v) is 17.0. The topological polar surface area (TPSA) is 61.4 Å². The van der Waals surface area contributed by atoms with Crippen LogP contribution in [0.2, 0.25) is 5.02 Å². The Labute approximate surface area is 175 Å². The van der Waals surface area contributed by atoms with Crippen molar-refractivity contribution in [2.24, 2.45) is 5.92 Å². The van der Waals surface area contributed by atoms with E-state index in [4.69, 9.17) is 11.6 Å². The lowest BCUT2D eigenvalue weighted by molar-refractivity contribution is -0.120. The van der Waals surface area contributed by atoms with Gasteiger partial charge >= 0.3 is 0 Å². The highest BCUT2D eigenvalue weighted by Crippen LogP contribution is 2.26. The van der Waals surface area contributed by atoms with E-state index in [-0.39, 0.29) is 16.8 Å². The van der Waals surface area contributed by atoms with Crippen molar-refractivity contribution in [2.45, 2.75) is 32.1 Å². The van der Waals surface area contributed by atoms with Gasteiger partial charge in [0.25, 0.3) is 0 Å². The van der Waals surface area contributed by atoms with E-state index in [2.05, 4.69) is 31.2 Å². The van der Waals surface area contributed by atoms with E-state index < -0.39 is 5.82 Å². The van der Waals surface area contributed by atoms with Gasteiger partial charge in [-0.25, -0.2) is 14.4 Å². The molecule has 0 saturated carbocycles. The summed E-state index contributed by atoms with van der Waals surface area (Å²) in [6, 6.07) is 6.28. The van der Waals surface area contributed by atoms with Gasteiger partial charge in [0, 0.05) is 43.9 Å². The van der Waals surface area contributed by atoms with Crippen LogP contribution in [0.3, 0.4) is 0 Å². The zero-order valence-electron chi connectivity index (χ0n) is 16.3. The van der Waals surface area contributed by atoms with E-state index in [0.29, 0.717) is 5.69 Å². The van der Waals surface area contributed by atoms with Crippen molar-refractivity contribution in [1.29, 1.82) is 0 Å². The highest BCUT2D eigenvalue weighted by atomic mass is 35.5. The number of nitrogens with one attached hydrogen (secondary N) is 1. The first-order chi connectivity index (χ1) is 14.1. The number of piperidine rings is 2. The van der Waals surface area contributed by atoms with Crippen LogP contribution in [-0.4, -0.2) is 42.1 Å². The molecule has 1 aromatic heterocycles. The Hall–Kier alpha value is -2.41. The number of carbonyl (C=O) groups is 1. The van der Waals surface area contributed by atoms with E-state index in [1.165, 1.54) is 37.5 Å². The Kier molecular flexibility index (Phi) is 6.13. The highest BCUT2D eigenvalue weighted by Gasteiger charge is 2.26. The van der Waals surface area contributed by atoms with Crippen LogP contribution in [-0.2, 0) is 4.79 Å². The zero-order chi connectivity index (χ0) is 20.2. The molecule has 0 radical (unpaired) electrons. The van der Waals surface area contributed by atoms with Crippen molar-refractivity contribution in [1.82, 2.24) is 9.97 Å². The van der Waals surface area contributed by atoms with Crippen molar-refractivity contribution in [3.8, 4) is 0 Å². The van der Waals surface area contributed by atoms with Gasteiger partial charge in [-0.2, -0.15) is 0 Å². The minimum Gasteiger partial charge on any atom is -0.356 e. The van der Waals surface area contributed by atoms with Gasteiger partial charge in [0.2, 0.25) is 5.91 Å². The Morgan fingerprint density at radius 1 is 1.00 bits per heavy atom. The molecule has 0 aliphatic carbocycles. The lowest BCUT2D eigenvalue weighted by atomic mass is 9.96. The maximum atomic E-state index is 13.3. The predicted molar refractivity (Wildman–Crippen MR) is 113 cm³/mol. The largest absolute Gasteiger partial charge is 0.356 e. The third-order valence-electron chi connectivity index (χ3n) is 5.70. The van der Waals surface area contributed by atoms with Gasteiger partial charge in [0.05, 0.1) is 5.02 Å². The molecule has 2 saturated heterocycles. The smallest absolute Gasteiger partial charge is 0.227 e. The number of benzene rings is 1. The van der Waals surface area contributed by atoms with E-state index in [1.807, 2.05) is 0 Å². The molecule has 0 unspecified atom stereocenters. The average Bonchev–Trinajstić information content (AvgIpc) is 2.77. The van der Waals surface area contributed by atoms with Crippen molar-refractivity contribution in [3.63, 3.8) is 0 Å². The third kappa shape index (κ3) is 4.78. The van der Waals surface area contributed by atoms with Crippen LogP contribution >= 0.6 is 11.6 Å². The first-order valence-electron chi connectivity index (χ1n) is 10.2. The molecule has 2 aromatic rings. The minimum absolute atomic E-state index is 0.00545. The quantitative estimate of drug-likeness (QED) is 0.811. The van der Waals surface area contributed by atoms with Gasteiger partial charge < -0.3 is 15.1 Å². The lowest BCUT2D eigenvalue weighted by Crippen LogP contribution is -2.39. The van der Waals surface area contributed by atoms with Gasteiger partial charge in [-0.05, 0) is 50.3 Å². The van der Waals surface area contributed by atoms with Crippen LogP contribution < -0.4 is 15.1 Å². The second-order valence-corrected chi connectivity index (χ2v) is 8.07. The molecule has 0 bridgehead atoms. The van der Waals surface area contributed by atoms with E-state index in [1.54, 1.807) is 6.33 Å². The molecular formula is C21H25ClFN5O. The first kappa shape index (κ1) is 19.9. The average molecular weight is 418 g/mol. The number of amides is 1. The molecule has 1 amide bonds. The molecule has 1 aromatic carbocycles. The van der Waals surface area contributed by atoms with Crippen molar-refractivity contribution >= 4 is 34.8 Å². The summed E-state index contributed by atoms with van der Waals surface area (Å²) in [7, 11) is 0. The lowest BCUT2D eigenvalue weighted by Gasteiger charge is -2.33. The summed E-state index contributed by atoms with van der Waals surface area (Å²) in [5.74, 6) is 1.28. The molecule has 8 heteroatoms. The number of anilines is 3. The normalized spacial score (nSPS) is 18.0. The highest BCUT2D eigenvalue weighted by molar-refractivity contribution is 6.31. The number of aromatic nitrogens is 2. The standard InChI is InChI=1S/C21H25ClFN5O/c22-17-12-16(4-5-18(17)23)26-21(29)15-6-10-28(11-7-15)20-13-19(24-14-25-20)27-8-2-1-3-9-27/h4-5,12-15H,1-3,6-11H2,(H,26,29). The molecule has 0 spiro atoms. The second kappa shape index (κ2) is 8.95. The van der Waals surface area contributed by atoms with Crippen molar-refractivity contribution in [3.05, 3.63) is 41.4 Å². The monoisotopic (exact) mass is 417 g/mol. The molecule has 29 heavy (non-hydrogen) atoms. The number of hydrogen-bond donors (Lipinski definition) is 1. The Bertz CT molecular complexity index is 866. The first-order valence-corrected chi connectivity index (χ1v) is 10.6. The fourth-order valence-electron chi connectivity index (χ4n) is 4.00. The molecule has 4 rings (SSSR count). The van der Waals surface area contributed by atoms with Crippen LogP contribution in [0, 0.1) is 11.7 Å². The molecule has 2 aliphatic rings. The molecule has 6 nitrogen and oxygen atoms in total. The summed E-state index contributed by atoms with van der Waals surface area (Å²) in [5.41, 5.74) is 0.519. The van der Waals surface area contributed by atoms with E-state index in [9.17, 15) is 9.18 Å². The maximum Gasteiger partial charge on any atom is 0.227 e.